The predicted octanol–water partition coefficient (Wildman–Crippen LogP) is 0.999. The smallest absolute Gasteiger partial charge is 0.210 e. The normalized spacial score (nSPS) is 16.3. The number of rotatable bonds is 2. The minimum Gasteiger partial charge on any atom is -0.337 e. The Kier molecular flexibility index (Phi) is 1.91. The van der Waals surface area contributed by atoms with Crippen LogP contribution in [0.15, 0.2) is 17.7 Å². The van der Waals surface area contributed by atoms with E-state index < -0.39 is 0 Å². The highest BCUT2D eigenvalue weighted by Gasteiger charge is 2.14. The van der Waals surface area contributed by atoms with Crippen molar-refractivity contribution < 1.29 is 4.79 Å². The highest BCUT2D eigenvalue weighted by Crippen LogP contribution is 2.21. The molecule has 1 amide bonds. The third kappa shape index (κ3) is 1.25. The molecule has 0 bridgehead atoms. The van der Waals surface area contributed by atoms with Gasteiger partial charge >= 0.3 is 0 Å². The summed E-state index contributed by atoms with van der Waals surface area (Å²) >= 11 is 1.61. The molecule has 0 radical (unpaired) electrons. The molecule has 0 unspecified atom stereocenters. The summed E-state index contributed by atoms with van der Waals surface area (Å²) in [6.45, 7) is 1.43. The van der Waals surface area contributed by atoms with Crippen LogP contribution in [0.4, 0.5) is 0 Å². The van der Waals surface area contributed by atoms with E-state index in [0.717, 1.165) is 23.5 Å². The molecule has 1 aromatic heterocycles. The van der Waals surface area contributed by atoms with Crippen LogP contribution < -0.4 is 0 Å². The first-order valence-electron chi connectivity index (χ1n) is 3.68. The van der Waals surface area contributed by atoms with Gasteiger partial charge in [0.1, 0.15) is 5.01 Å². The fourth-order valence-electron chi connectivity index (χ4n) is 1.19. The second kappa shape index (κ2) is 3.06. The molecule has 12 heavy (non-hydrogen) atoms. The van der Waals surface area contributed by atoms with Gasteiger partial charge in [0.2, 0.25) is 6.41 Å². The first-order valence-corrected chi connectivity index (χ1v) is 4.56. The third-order valence-corrected chi connectivity index (χ3v) is 2.65. The van der Waals surface area contributed by atoms with Crippen LogP contribution in [-0.2, 0) is 4.79 Å². The molecule has 0 fully saturated rings. The molecule has 62 valence electrons. The first kappa shape index (κ1) is 7.49. The van der Waals surface area contributed by atoms with Crippen molar-refractivity contribution in [2.24, 2.45) is 0 Å². The van der Waals surface area contributed by atoms with E-state index in [1.165, 1.54) is 0 Å². The lowest BCUT2D eigenvalue weighted by molar-refractivity contribution is -0.116. The molecule has 3 nitrogen and oxygen atoms in total. The molecule has 0 aliphatic carbocycles. The summed E-state index contributed by atoms with van der Waals surface area (Å²) in [5.74, 6) is 0. The van der Waals surface area contributed by atoms with Gasteiger partial charge in [-0.2, -0.15) is 0 Å². The molecular formula is C8H8N2OS. The Morgan fingerprint density at radius 1 is 1.67 bits per heavy atom. The van der Waals surface area contributed by atoms with Crippen molar-refractivity contribution in [2.45, 2.75) is 0 Å². The van der Waals surface area contributed by atoms with E-state index in [9.17, 15) is 4.79 Å². The first-order chi connectivity index (χ1) is 5.90. The van der Waals surface area contributed by atoms with Crippen LogP contribution in [0.5, 0.6) is 0 Å². The van der Waals surface area contributed by atoms with Crippen molar-refractivity contribution in [3.05, 3.63) is 22.7 Å². The van der Waals surface area contributed by atoms with E-state index in [1.807, 2.05) is 11.5 Å². The Labute approximate surface area is 74.3 Å². The number of hydrogen-bond acceptors (Lipinski definition) is 3. The van der Waals surface area contributed by atoms with Crippen molar-refractivity contribution >= 4 is 23.3 Å². The number of carbonyl (C=O) groups excluding carboxylic acids is 1. The van der Waals surface area contributed by atoms with Crippen LogP contribution in [0.2, 0.25) is 0 Å². The van der Waals surface area contributed by atoms with Crippen molar-refractivity contribution in [1.82, 2.24) is 9.88 Å². The van der Waals surface area contributed by atoms with Gasteiger partial charge in [-0.1, -0.05) is 6.08 Å². The van der Waals surface area contributed by atoms with E-state index in [4.69, 9.17) is 0 Å². The van der Waals surface area contributed by atoms with E-state index >= 15 is 0 Å². The molecule has 0 saturated carbocycles. The topological polar surface area (TPSA) is 33.2 Å². The average molecular weight is 180 g/mol. The Morgan fingerprint density at radius 3 is 3.17 bits per heavy atom. The monoisotopic (exact) mass is 180 g/mol. The minimum atomic E-state index is 0.705. The van der Waals surface area contributed by atoms with Crippen LogP contribution in [0.3, 0.4) is 0 Å². The fourth-order valence-corrected chi connectivity index (χ4v) is 1.86. The van der Waals surface area contributed by atoms with Gasteiger partial charge in [0.05, 0.1) is 0 Å². The van der Waals surface area contributed by atoms with Crippen LogP contribution in [0.25, 0.3) is 5.57 Å². The molecule has 0 spiro atoms. The SMILES string of the molecule is O=CN1CC=C(c2nccs2)C1. The lowest BCUT2D eigenvalue weighted by atomic mass is 10.3. The number of amides is 1. The average Bonchev–Trinajstić information content (AvgIpc) is 2.75. The maximum absolute atomic E-state index is 10.4. The Bertz CT molecular complexity index is 305. The van der Waals surface area contributed by atoms with Gasteiger partial charge in [-0.15, -0.1) is 11.3 Å². The van der Waals surface area contributed by atoms with Crippen LogP contribution in [-0.4, -0.2) is 29.4 Å². The molecule has 0 aromatic carbocycles. The highest BCUT2D eigenvalue weighted by atomic mass is 32.1. The Balaban J connectivity index is 2.14. The largest absolute Gasteiger partial charge is 0.337 e. The summed E-state index contributed by atoms with van der Waals surface area (Å²) < 4.78 is 0. The van der Waals surface area contributed by atoms with Gasteiger partial charge in [-0.3, -0.25) is 4.79 Å². The molecule has 2 heterocycles. The van der Waals surface area contributed by atoms with Crippen LogP contribution >= 0.6 is 11.3 Å². The van der Waals surface area contributed by atoms with Gasteiger partial charge in [0, 0.05) is 30.2 Å². The van der Waals surface area contributed by atoms with Crippen molar-refractivity contribution in [3.8, 4) is 0 Å². The van der Waals surface area contributed by atoms with Gasteiger partial charge in [-0.05, 0) is 0 Å². The van der Waals surface area contributed by atoms with E-state index in [0.29, 0.717) is 6.54 Å². The van der Waals surface area contributed by atoms with E-state index in [1.54, 1.807) is 22.4 Å². The van der Waals surface area contributed by atoms with Gasteiger partial charge < -0.3 is 4.90 Å². The summed E-state index contributed by atoms with van der Waals surface area (Å²) in [4.78, 5) is 16.3. The third-order valence-electron chi connectivity index (χ3n) is 1.80. The molecule has 1 aromatic rings. The predicted molar refractivity (Wildman–Crippen MR) is 47.7 cm³/mol. The number of carbonyl (C=O) groups is 1. The summed E-state index contributed by atoms with van der Waals surface area (Å²) in [6.07, 6.45) is 4.70. The second-order valence-electron chi connectivity index (χ2n) is 2.60. The molecular weight excluding hydrogens is 172 g/mol. The quantitative estimate of drug-likeness (QED) is 0.636. The minimum absolute atomic E-state index is 0.705. The lowest BCUT2D eigenvalue weighted by Gasteiger charge is -2.06. The second-order valence-corrected chi connectivity index (χ2v) is 3.50. The van der Waals surface area contributed by atoms with Crippen molar-refractivity contribution in [3.63, 3.8) is 0 Å². The number of thiazole rings is 1. The van der Waals surface area contributed by atoms with E-state index in [2.05, 4.69) is 4.98 Å². The fraction of sp³-hybridized carbons (Fsp3) is 0.250. The number of hydrogen-bond donors (Lipinski definition) is 0. The lowest BCUT2D eigenvalue weighted by Crippen LogP contribution is -2.17. The maximum Gasteiger partial charge on any atom is 0.210 e. The van der Waals surface area contributed by atoms with Crippen molar-refractivity contribution in [1.29, 1.82) is 0 Å². The van der Waals surface area contributed by atoms with Gasteiger partial charge in [0.25, 0.3) is 0 Å². The number of nitrogens with zero attached hydrogens (tertiary/aromatic N) is 2. The zero-order valence-corrected chi connectivity index (χ0v) is 7.25. The zero-order valence-electron chi connectivity index (χ0n) is 6.43. The number of aromatic nitrogens is 1. The van der Waals surface area contributed by atoms with Gasteiger partial charge in [-0.25, -0.2) is 4.98 Å². The Hall–Kier alpha value is -1.16. The molecule has 0 N–H and O–H groups in total. The maximum atomic E-state index is 10.4. The molecule has 2 rings (SSSR count). The standard InChI is InChI=1S/C8H8N2OS/c11-6-10-3-1-7(5-10)8-9-2-4-12-8/h1-2,4,6H,3,5H2. The Morgan fingerprint density at radius 2 is 2.58 bits per heavy atom. The van der Waals surface area contributed by atoms with Gasteiger partial charge in [0.15, 0.2) is 0 Å². The molecule has 1 aliphatic rings. The van der Waals surface area contributed by atoms with Crippen LogP contribution in [0.1, 0.15) is 5.01 Å². The van der Waals surface area contributed by atoms with E-state index in [-0.39, 0.29) is 0 Å². The summed E-state index contributed by atoms with van der Waals surface area (Å²) in [5.41, 5.74) is 1.16. The summed E-state index contributed by atoms with van der Waals surface area (Å²) in [7, 11) is 0. The summed E-state index contributed by atoms with van der Waals surface area (Å²) in [6, 6.07) is 0. The molecule has 0 saturated heterocycles. The zero-order chi connectivity index (χ0) is 8.39. The molecule has 0 atom stereocenters. The molecule has 1 aliphatic heterocycles. The van der Waals surface area contributed by atoms with Crippen molar-refractivity contribution in [2.75, 3.05) is 13.1 Å². The summed E-state index contributed by atoms with van der Waals surface area (Å²) in [5, 5.41) is 2.97. The van der Waals surface area contributed by atoms with Crippen LogP contribution in [0, 0.1) is 0 Å². The molecule has 4 heteroatoms. The highest BCUT2D eigenvalue weighted by molar-refractivity contribution is 7.10.